The molecule has 3 rings (SSSR count). The highest BCUT2D eigenvalue weighted by Gasteiger charge is 2.23. The fourth-order valence-electron chi connectivity index (χ4n) is 2.30. The number of aromatic nitrogens is 2. The molecule has 1 aromatic heterocycles. The highest BCUT2D eigenvalue weighted by Crippen LogP contribution is 2.26. The number of benzene rings is 1. The quantitative estimate of drug-likeness (QED) is 0.769. The van der Waals surface area contributed by atoms with E-state index < -0.39 is 15.4 Å². The fraction of sp³-hybridized carbons (Fsp3) is 0.231. The monoisotopic (exact) mass is 289 g/mol. The van der Waals surface area contributed by atoms with Crippen molar-refractivity contribution in [3.8, 4) is 12.3 Å². The molecule has 0 spiro atoms. The molecular formula is C13H11N3O3S. The van der Waals surface area contributed by atoms with Crippen LogP contribution < -0.4 is 10.9 Å². The summed E-state index contributed by atoms with van der Waals surface area (Å²) in [6.45, 7) is 0.496. The Labute approximate surface area is 115 Å². The third-order valence-electron chi connectivity index (χ3n) is 3.28. The van der Waals surface area contributed by atoms with Gasteiger partial charge in [-0.05, 0) is 18.2 Å². The summed E-state index contributed by atoms with van der Waals surface area (Å²) in [6, 6.07) is 4.16. The van der Waals surface area contributed by atoms with Crippen molar-refractivity contribution < 1.29 is 8.42 Å². The number of anilines is 1. The van der Waals surface area contributed by atoms with Crippen molar-refractivity contribution in [2.75, 3.05) is 18.1 Å². The summed E-state index contributed by atoms with van der Waals surface area (Å²) >= 11 is 0. The molecule has 0 radical (unpaired) electrons. The van der Waals surface area contributed by atoms with E-state index in [1.165, 1.54) is 12.1 Å². The Bertz CT molecular complexity index is 922. The molecule has 0 fully saturated rings. The Kier molecular flexibility index (Phi) is 2.59. The van der Waals surface area contributed by atoms with E-state index in [1.807, 2.05) is 0 Å². The molecule has 0 saturated heterocycles. The normalized spacial score (nSPS) is 17.5. The minimum Gasteiger partial charge on any atom is -0.352 e. The first-order valence-corrected chi connectivity index (χ1v) is 7.77. The van der Waals surface area contributed by atoms with Gasteiger partial charge < -0.3 is 5.32 Å². The van der Waals surface area contributed by atoms with Crippen molar-refractivity contribution >= 4 is 26.7 Å². The van der Waals surface area contributed by atoms with Crippen LogP contribution in [-0.2, 0) is 9.84 Å². The van der Waals surface area contributed by atoms with E-state index in [0.717, 1.165) is 6.26 Å². The highest BCUT2D eigenvalue weighted by atomic mass is 32.2. The number of hydrogen-bond donors (Lipinski definition) is 1. The fourth-order valence-corrected chi connectivity index (χ4v) is 2.95. The zero-order valence-electron chi connectivity index (χ0n) is 10.6. The van der Waals surface area contributed by atoms with Crippen LogP contribution in [-0.4, -0.2) is 30.8 Å². The number of nitrogens with one attached hydrogen (secondary N) is 1. The summed E-state index contributed by atoms with van der Waals surface area (Å²) in [5, 5.41) is 3.22. The second-order valence-electron chi connectivity index (χ2n) is 4.63. The summed E-state index contributed by atoms with van der Waals surface area (Å²) in [5.74, 6) is 3.03. The number of nitrogens with zero attached hydrogens (tertiary/aromatic N) is 2. The largest absolute Gasteiger partial charge is 0.352 e. The van der Waals surface area contributed by atoms with Gasteiger partial charge in [0.25, 0.3) is 5.56 Å². The third-order valence-corrected chi connectivity index (χ3v) is 4.39. The van der Waals surface area contributed by atoms with Crippen LogP contribution in [0.15, 0.2) is 27.9 Å². The van der Waals surface area contributed by atoms with Crippen LogP contribution in [0.25, 0.3) is 10.9 Å². The zero-order chi connectivity index (χ0) is 14.5. The van der Waals surface area contributed by atoms with E-state index in [4.69, 9.17) is 6.42 Å². The minimum absolute atomic E-state index is 0.0904. The molecule has 1 aliphatic rings. The van der Waals surface area contributed by atoms with Crippen molar-refractivity contribution in [3.05, 3.63) is 28.6 Å². The summed E-state index contributed by atoms with van der Waals surface area (Å²) in [4.78, 5) is 16.0. The van der Waals surface area contributed by atoms with Gasteiger partial charge >= 0.3 is 0 Å². The highest BCUT2D eigenvalue weighted by molar-refractivity contribution is 7.90. The number of terminal acetylenes is 1. The lowest BCUT2D eigenvalue weighted by atomic mass is 10.2. The van der Waals surface area contributed by atoms with Crippen molar-refractivity contribution in [2.24, 2.45) is 0 Å². The van der Waals surface area contributed by atoms with Gasteiger partial charge in [-0.3, -0.25) is 9.36 Å². The number of fused-ring (bicyclic) bond motifs is 3. The first kappa shape index (κ1) is 12.7. The van der Waals surface area contributed by atoms with Gasteiger partial charge in [-0.2, -0.15) is 4.98 Å². The van der Waals surface area contributed by atoms with E-state index >= 15 is 0 Å². The number of sulfone groups is 1. The average Bonchev–Trinajstić information content (AvgIpc) is 2.80. The summed E-state index contributed by atoms with van der Waals surface area (Å²) < 4.78 is 24.9. The Hall–Kier alpha value is -2.33. The molecule has 0 aliphatic carbocycles. The molecule has 2 heterocycles. The smallest absolute Gasteiger partial charge is 0.282 e. The van der Waals surface area contributed by atoms with Gasteiger partial charge in [0.1, 0.15) is 6.04 Å². The molecule has 1 aliphatic heterocycles. The first-order valence-electron chi connectivity index (χ1n) is 5.88. The Morgan fingerprint density at radius 1 is 1.50 bits per heavy atom. The van der Waals surface area contributed by atoms with E-state index in [9.17, 15) is 13.2 Å². The van der Waals surface area contributed by atoms with E-state index in [-0.39, 0.29) is 16.3 Å². The van der Waals surface area contributed by atoms with Gasteiger partial charge in [-0.1, -0.05) is 5.92 Å². The molecule has 102 valence electrons. The van der Waals surface area contributed by atoms with Gasteiger partial charge in [0.15, 0.2) is 9.84 Å². The topological polar surface area (TPSA) is 81.1 Å². The Morgan fingerprint density at radius 2 is 2.25 bits per heavy atom. The van der Waals surface area contributed by atoms with Gasteiger partial charge in [0.2, 0.25) is 5.95 Å². The van der Waals surface area contributed by atoms with Gasteiger partial charge in [-0.15, -0.1) is 6.42 Å². The van der Waals surface area contributed by atoms with E-state index in [0.29, 0.717) is 18.0 Å². The maximum absolute atomic E-state index is 12.0. The number of rotatable bonds is 1. The molecule has 0 amide bonds. The third kappa shape index (κ3) is 1.77. The van der Waals surface area contributed by atoms with Crippen LogP contribution in [0.2, 0.25) is 0 Å². The molecule has 0 unspecified atom stereocenters. The van der Waals surface area contributed by atoms with Crippen LogP contribution in [0.3, 0.4) is 0 Å². The minimum atomic E-state index is -3.38. The maximum Gasteiger partial charge on any atom is 0.282 e. The van der Waals surface area contributed by atoms with Crippen molar-refractivity contribution in [3.63, 3.8) is 0 Å². The van der Waals surface area contributed by atoms with E-state index in [2.05, 4.69) is 16.2 Å². The molecule has 1 aromatic carbocycles. The molecule has 6 nitrogen and oxygen atoms in total. The standard InChI is InChI=1S/C13H11N3O3S/c1-3-8-7-14-13-15-12(17)10-6-9(20(2,18)19)4-5-11(10)16(8)13/h1,4-6,8H,7H2,2H3,(H,14,15,17)/t8-/m0/s1. The Balaban J connectivity index is 2.41. The summed E-state index contributed by atoms with van der Waals surface area (Å²) in [5.41, 5.74) is 0.113. The van der Waals surface area contributed by atoms with Crippen LogP contribution in [0, 0.1) is 12.3 Å². The van der Waals surface area contributed by atoms with Gasteiger partial charge in [0.05, 0.1) is 15.8 Å². The lowest BCUT2D eigenvalue weighted by Crippen LogP contribution is -2.14. The average molecular weight is 289 g/mol. The molecule has 1 atom stereocenters. The lowest BCUT2D eigenvalue weighted by molar-refractivity contribution is 0.602. The second-order valence-corrected chi connectivity index (χ2v) is 6.64. The van der Waals surface area contributed by atoms with Crippen LogP contribution in [0.1, 0.15) is 6.04 Å². The molecule has 7 heteroatoms. The number of hydrogen-bond acceptors (Lipinski definition) is 5. The van der Waals surface area contributed by atoms with Crippen molar-refractivity contribution in [2.45, 2.75) is 10.9 Å². The van der Waals surface area contributed by atoms with Crippen LogP contribution >= 0.6 is 0 Å². The zero-order valence-corrected chi connectivity index (χ0v) is 11.4. The van der Waals surface area contributed by atoms with Gasteiger partial charge in [-0.25, -0.2) is 8.42 Å². The molecule has 2 aromatic rings. The van der Waals surface area contributed by atoms with Gasteiger partial charge in [0, 0.05) is 12.8 Å². The first-order chi connectivity index (χ1) is 9.41. The molecule has 1 N–H and O–H groups in total. The second kappa shape index (κ2) is 4.08. The van der Waals surface area contributed by atoms with Crippen LogP contribution in [0.5, 0.6) is 0 Å². The maximum atomic E-state index is 12.0. The predicted octanol–water partition coefficient (Wildman–Crippen LogP) is 0.400. The van der Waals surface area contributed by atoms with Crippen molar-refractivity contribution in [1.82, 2.24) is 9.55 Å². The molecular weight excluding hydrogens is 278 g/mol. The predicted molar refractivity (Wildman–Crippen MR) is 75.5 cm³/mol. The van der Waals surface area contributed by atoms with Crippen molar-refractivity contribution in [1.29, 1.82) is 0 Å². The summed E-state index contributed by atoms with van der Waals surface area (Å²) in [7, 11) is -3.38. The molecule has 0 saturated carbocycles. The molecule has 0 bridgehead atoms. The SMILES string of the molecule is C#C[C@H]1CNc2nc(=O)c3cc(S(C)(=O)=O)ccc3n21. The molecule has 20 heavy (non-hydrogen) atoms. The van der Waals surface area contributed by atoms with E-state index in [1.54, 1.807) is 10.6 Å². The van der Waals surface area contributed by atoms with Crippen LogP contribution in [0.4, 0.5) is 5.95 Å². The summed E-state index contributed by atoms with van der Waals surface area (Å²) in [6.07, 6.45) is 6.56. The Morgan fingerprint density at radius 3 is 2.90 bits per heavy atom. The lowest BCUT2D eigenvalue weighted by Gasteiger charge is -2.11.